The van der Waals surface area contributed by atoms with Crippen molar-refractivity contribution in [3.63, 3.8) is 0 Å². The quantitative estimate of drug-likeness (QED) is 0.887. The lowest BCUT2D eigenvalue weighted by Gasteiger charge is -2.11. The molecule has 0 saturated heterocycles. The maximum absolute atomic E-state index is 11.3. The Bertz CT molecular complexity index is 652. The summed E-state index contributed by atoms with van der Waals surface area (Å²) in [6, 6.07) is 5.94. The van der Waals surface area contributed by atoms with E-state index in [4.69, 9.17) is 17.3 Å². The van der Waals surface area contributed by atoms with Crippen molar-refractivity contribution < 1.29 is 0 Å². The number of benzene rings is 1. The molecule has 0 amide bonds. The van der Waals surface area contributed by atoms with Gasteiger partial charge in [-0.1, -0.05) is 24.6 Å². The molecule has 0 radical (unpaired) electrons. The number of nitrogens with two attached hydrogens (primary N) is 1. The summed E-state index contributed by atoms with van der Waals surface area (Å²) in [4.78, 5) is 12.2. The van der Waals surface area contributed by atoms with Gasteiger partial charge in [-0.2, -0.15) is 0 Å². The number of hydrogen-bond donors (Lipinski definition) is 2. The van der Waals surface area contributed by atoms with Crippen LogP contribution in [0.1, 0.15) is 18.9 Å². The van der Waals surface area contributed by atoms with Crippen molar-refractivity contribution in [3.05, 3.63) is 39.3 Å². The highest BCUT2D eigenvalue weighted by Gasteiger charge is 2.10. The molecule has 1 aromatic heterocycles. The lowest BCUT2D eigenvalue weighted by Crippen LogP contribution is -2.21. The number of nitrogens with one attached hydrogen (secondary N) is 1. The maximum Gasteiger partial charge on any atom is 0.343 e. The standard InChI is InChI=1S/C13H17ClN4OS/c1-3-9(15)6-8-4-5-10(7-11(8)14)20-13-17-16-12(19)18(13)2/h4-5,7,9H,3,6,15H2,1-2H3,(H,16,19). The third kappa shape index (κ3) is 3.45. The van der Waals surface area contributed by atoms with Crippen molar-refractivity contribution >= 4 is 23.4 Å². The Labute approximate surface area is 126 Å². The van der Waals surface area contributed by atoms with Crippen LogP contribution in [0, 0.1) is 0 Å². The highest BCUT2D eigenvalue weighted by atomic mass is 35.5. The minimum Gasteiger partial charge on any atom is -0.327 e. The second-order valence-corrected chi connectivity index (χ2v) is 6.05. The van der Waals surface area contributed by atoms with Crippen molar-refractivity contribution in [3.8, 4) is 0 Å². The zero-order valence-corrected chi connectivity index (χ0v) is 13.0. The Morgan fingerprint density at radius 2 is 2.30 bits per heavy atom. The number of H-pyrrole nitrogens is 1. The van der Waals surface area contributed by atoms with Crippen LogP contribution in [0.5, 0.6) is 0 Å². The van der Waals surface area contributed by atoms with E-state index in [1.54, 1.807) is 7.05 Å². The molecule has 1 aromatic carbocycles. The first-order valence-electron chi connectivity index (χ1n) is 6.34. The van der Waals surface area contributed by atoms with Gasteiger partial charge in [-0.25, -0.2) is 9.89 Å². The van der Waals surface area contributed by atoms with E-state index in [2.05, 4.69) is 17.1 Å². The predicted octanol–water partition coefficient (Wildman–Crippen LogP) is 2.19. The van der Waals surface area contributed by atoms with Crippen LogP contribution in [0.15, 0.2) is 33.0 Å². The van der Waals surface area contributed by atoms with Gasteiger partial charge in [0.2, 0.25) is 0 Å². The van der Waals surface area contributed by atoms with Gasteiger partial charge in [-0.05, 0) is 42.3 Å². The number of hydrogen-bond acceptors (Lipinski definition) is 4. The highest BCUT2D eigenvalue weighted by molar-refractivity contribution is 7.99. The molecule has 5 nitrogen and oxygen atoms in total. The van der Waals surface area contributed by atoms with E-state index in [-0.39, 0.29) is 11.7 Å². The van der Waals surface area contributed by atoms with Gasteiger partial charge in [-0.3, -0.25) is 4.57 Å². The average molecular weight is 313 g/mol. The molecule has 0 aliphatic heterocycles. The molecular formula is C13H17ClN4OS. The first-order chi connectivity index (χ1) is 9.51. The molecule has 1 heterocycles. The average Bonchev–Trinajstić information content (AvgIpc) is 2.73. The van der Waals surface area contributed by atoms with Crippen molar-refractivity contribution in [2.75, 3.05) is 0 Å². The van der Waals surface area contributed by atoms with Crippen LogP contribution in [0.25, 0.3) is 0 Å². The molecule has 0 fully saturated rings. The minimum atomic E-state index is -0.232. The lowest BCUT2D eigenvalue weighted by atomic mass is 10.1. The first-order valence-corrected chi connectivity index (χ1v) is 7.54. The van der Waals surface area contributed by atoms with Crippen molar-refractivity contribution in [1.82, 2.24) is 14.8 Å². The number of rotatable bonds is 5. The fourth-order valence-corrected chi connectivity index (χ4v) is 2.87. The number of aromatic amines is 1. The fraction of sp³-hybridized carbons (Fsp3) is 0.385. The van der Waals surface area contributed by atoms with E-state index >= 15 is 0 Å². The molecule has 1 unspecified atom stereocenters. The molecule has 20 heavy (non-hydrogen) atoms. The zero-order valence-electron chi connectivity index (χ0n) is 11.4. The Balaban J connectivity index is 2.17. The van der Waals surface area contributed by atoms with Gasteiger partial charge >= 0.3 is 5.69 Å². The molecular weight excluding hydrogens is 296 g/mol. The molecule has 7 heteroatoms. The molecule has 0 aliphatic rings. The Hall–Kier alpha value is -1.24. The Kier molecular flexibility index (Phi) is 4.91. The number of nitrogens with zero attached hydrogens (tertiary/aromatic N) is 2. The topological polar surface area (TPSA) is 76.7 Å². The van der Waals surface area contributed by atoms with Gasteiger partial charge < -0.3 is 5.73 Å². The van der Waals surface area contributed by atoms with Crippen LogP contribution >= 0.6 is 23.4 Å². The summed E-state index contributed by atoms with van der Waals surface area (Å²) in [6.07, 6.45) is 1.68. The van der Waals surface area contributed by atoms with Crippen LogP contribution in [0.3, 0.4) is 0 Å². The summed E-state index contributed by atoms with van der Waals surface area (Å²) >= 11 is 7.66. The van der Waals surface area contributed by atoms with Crippen LogP contribution in [0.2, 0.25) is 5.02 Å². The highest BCUT2D eigenvalue weighted by Crippen LogP contribution is 2.29. The summed E-state index contributed by atoms with van der Waals surface area (Å²) in [5.41, 5.74) is 6.75. The largest absolute Gasteiger partial charge is 0.343 e. The SMILES string of the molecule is CCC(N)Cc1ccc(Sc2n[nH]c(=O)n2C)cc1Cl. The first kappa shape index (κ1) is 15.2. The molecule has 0 spiro atoms. The summed E-state index contributed by atoms with van der Waals surface area (Å²) < 4.78 is 1.46. The fourth-order valence-electron chi connectivity index (χ4n) is 1.71. The van der Waals surface area contributed by atoms with Crippen molar-refractivity contribution in [1.29, 1.82) is 0 Å². The van der Waals surface area contributed by atoms with E-state index in [0.29, 0.717) is 10.2 Å². The lowest BCUT2D eigenvalue weighted by molar-refractivity contribution is 0.646. The van der Waals surface area contributed by atoms with Gasteiger partial charge in [-0.15, -0.1) is 5.10 Å². The van der Waals surface area contributed by atoms with Gasteiger partial charge in [0.05, 0.1) is 0 Å². The maximum atomic E-state index is 11.3. The molecule has 1 atom stereocenters. The van der Waals surface area contributed by atoms with Crippen LogP contribution in [0.4, 0.5) is 0 Å². The molecule has 2 rings (SSSR count). The second-order valence-electron chi connectivity index (χ2n) is 4.60. The van der Waals surface area contributed by atoms with E-state index < -0.39 is 0 Å². The van der Waals surface area contributed by atoms with Crippen molar-refractivity contribution in [2.24, 2.45) is 12.8 Å². The monoisotopic (exact) mass is 312 g/mol. The third-order valence-corrected chi connectivity index (χ3v) is 4.47. The second kappa shape index (κ2) is 6.47. The summed E-state index contributed by atoms with van der Waals surface area (Å²) in [7, 11) is 1.67. The molecule has 2 aromatic rings. The number of aromatic nitrogens is 3. The van der Waals surface area contributed by atoms with Crippen LogP contribution in [-0.4, -0.2) is 20.8 Å². The van der Waals surface area contributed by atoms with E-state index in [0.717, 1.165) is 23.3 Å². The Morgan fingerprint density at radius 1 is 1.55 bits per heavy atom. The smallest absolute Gasteiger partial charge is 0.327 e. The molecule has 0 aliphatic carbocycles. The van der Waals surface area contributed by atoms with E-state index in [1.165, 1.54) is 16.3 Å². The van der Waals surface area contributed by atoms with Gasteiger partial charge in [0.15, 0.2) is 5.16 Å². The summed E-state index contributed by atoms with van der Waals surface area (Å²) in [6.45, 7) is 2.06. The van der Waals surface area contributed by atoms with Crippen molar-refractivity contribution in [2.45, 2.75) is 35.9 Å². The predicted molar refractivity (Wildman–Crippen MR) is 81.4 cm³/mol. The molecule has 0 saturated carbocycles. The summed E-state index contributed by atoms with van der Waals surface area (Å²) in [5.74, 6) is 0. The summed E-state index contributed by atoms with van der Waals surface area (Å²) in [5, 5.41) is 7.65. The van der Waals surface area contributed by atoms with Gasteiger partial charge in [0.25, 0.3) is 0 Å². The molecule has 3 N–H and O–H groups in total. The van der Waals surface area contributed by atoms with Gasteiger partial charge in [0.1, 0.15) is 0 Å². The third-order valence-electron chi connectivity index (χ3n) is 3.08. The van der Waals surface area contributed by atoms with Gasteiger partial charge in [0, 0.05) is 23.0 Å². The number of halogens is 1. The van der Waals surface area contributed by atoms with Crippen LogP contribution < -0.4 is 11.4 Å². The van der Waals surface area contributed by atoms with E-state index in [1.807, 2.05) is 18.2 Å². The molecule has 0 bridgehead atoms. The Morgan fingerprint density at radius 3 is 2.85 bits per heavy atom. The van der Waals surface area contributed by atoms with Crippen LogP contribution in [-0.2, 0) is 13.5 Å². The molecule has 108 valence electrons. The van der Waals surface area contributed by atoms with E-state index in [9.17, 15) is 4.79 Å². The zero-order chi connectivity index (χ0) is 14.7. The normalized spacial score (nSPS) is 12.6. The minimum absolute atomic E-state index is 0.123.